The van der Waals surface area contributed by atoms with E-state index in [1.54, 1.807) is 16.7 Å². The van der Waals surface area contributed by atoms with Crippen LogP contribution >= 0.6 is 23.1 Å². The van der Waals surface area contributed by atoms with Crippen LogP contribution < -0.4 is 11.1 Å². The average Bonchev–Trinajstić information content (AvgIpc) is 3.22. The van der Waals surface area contributed by atoms with E-state index in [4.69, 9.17) is 4.98 Å². The third kappa shape index (κ3) is 3.51. The second-order valence-electron chi connectivity index (χ2n) is 7.31. The molecule has 1 aliphatic rings. The Labute approximate surface area is 175 Å². The number of aromatic nitrogens is 4. The van der Waals surface area contributed by atoms with Crippen LogP contribution in [-0.2, 0) is 5.75 Å². The Balaban J connectivity index is 1.55. The van der Waals surface area contributed by atoms with Gasteiger partial charge in [-0.2, -0.15) is 0 Å². The lowest BCUT2D eigenvalue weighted by atomic mass is 9.95. The van der Waals surface area contributed by atoms with Gasteiger partial charge in [0.25, 0.3) is 11.1 Å². The van der Waals surface area contributed by atoms with Crippen molar-refractivity contribution in [3.8, 4) is 0 Å². The summed E-state index contributed by atoms with van der Waals surface area (Å²) < 4.78 is 3.44. The van der Waals surface area contributed by atoms with Crippen molar-refractivity contribution in [1.82, 2.24) is 18.9 Å². The predicted molar refractivity (Wildman–Crippen MR) is 117 cm³/mol. The van der Waals surface area contributed by atoms with Crippen LogP contribution in [0.3, 0.4) is 0 Å². The largest absolute Gasteiger partial charge is 0.284 e. The highest BCUT2D eigenvalue weighted by atomic mass is 32.2. The lowest BCUT2D eigenvalue weighted by Crippen LogP contribution is -2.29. The Hall–Kier alpha value is -2.45. The molecule has 1 saturated carbocycles. The smallest absolute Gasteiger partial charge is 0.262 e. The molecule has 0 unspecified atom stereocenters. The molecule has 0 atom stereocenters. The van der Waals surface area contributed by atoms with Crippen LogP contribution in [-0.4, -0.2) is 18.9 Å². The zero-order chi connectivity index (χ0) is 19.8. The van der Waals surface area contributed by atoms with Crippen molar-refractivity contribution in [2.45, 2.75) is 49.1 Å². The molecule has 1 aliphatic carbocycles. The van der Waals surface area contributed by atoms with Gasteiger partial charge in [-0.15, -0.1) is 11.3 Å². The fraction of sp³-hybridized carbons (Fsp3) is 0.333. The average molecular weight is 425 g/mol. The van der Waals surface area contributed by atoms with Crippen molar-refractivity contribution < 1.29 is 0 Å². The second kappa shape index (κ2) is 7.76. The first-order chi connectivity index (χ1) is 14.2. The first kappa shape index (κ1) is 18.6. The third-order valence-corrected chi connectivity index (χ3v) is 7.16. The van der Waals surface area contributed by atoms with Gasteiger partial charge in [0.05, 0.1) is 16.6 Å². The summed E-state index contributed by atoms with van der Waals surface area (Å²) in [5, 5.41) is 3.24. The van der Waals surface area contributed by atoms with E-state index in [2.05, 4.69) is 4.98 Å². The third-order valence-electron chi connectivity index (χ3n) is 5.42. The second-order valence-corrected chi connectivity index (χ2v) is 9.12. The molecule has 0 amide bonds. The van der Waals surface area contributed by atoms with Crippen molar-refractivity contribution in [2.75, 3.05) is 0 Å². The molecule has 4 aromatic rings. The van der Waals surface area contributed by atoms with Crippen LogP contribution in [0.4, 0.5) is 0 Å². The Morgan fingerprint density at radius 1 is 1.10 bits per heavy atom. The van der Waals surface area contributed by atoms with Crippen molar-refractivity contribution in [3.05, 3.63) is 68.3 Å². The molecule has 1 aromatic carbocycles. The van der Waals surface area contributed by atoms with Crippen LogP contribution in [0.1, 0.15) is 43.8 Å². The van der Waals surface area contributed by atoms with Crippen molar-refractivity contribution >= 4 is 39.0 Å². The number of nitrogens with zero attached hydrogens (tertiary/aromatic N) is 4. The highest BCUT2D eigenvalue weighted by molar-refractivity contribution is 7.98. The van der Waals surface area contributed by atoms with E-state index in [-0.39, 0.29) is 17.2 Å². The summed E-state index contributed by atoms with van der Waals surface area (Å²) in [6.07, 6.45) is 7.26. The van der Waals surface area contributed by atoms with Crippen LogP contribution in [0.2, 0.25) is 0 Å². The summed E-state index contributed by atoms with van der Waals surface area (Å²) in [4.78, 5) is 35.6. The summed E-state index contributed by atoms with van der Waals surface area (Å²) in [6, 6.07) is 9.28. The maximum absolute atomic E-state index is 13.3. The van der Waals surface area contributed by atoms with Crippen molar-refractivity contribution in [1.29, 1.82) is 0 Å². The molecule has 1 fully saturated rings. The fourth-order valence-corrected chi connectivity index (χ4v) is 5.69. The number of fused-ring (bicyclic) bond motifs is 2. The van der Waals surface area contributed by atoms with Gasteiger partial charge in [-0.3, -0.25) is 18.6 Å². The zero-order valence-electron chi connectivity index (χ0n) is 15.8. The summed E-state index contributed by atoms with van der Waals surface area (Å²) >= 11 is 2.93. The molecule has 0 radical (unpaired) electrons. The van der Waals surface area contributed by atoms with Gasteiger partial charge in [0.15, 0.2) is 10.1 Å². The van der Waals surface area contributed by atoms with Crippen LogP contribution in [0.5, 0.6) is 0 Å². The first-order valence-corrected chi connectivity index (χ1v) is 11.7. The van der Waals surface area contributed by atoms with Gasteiger partial charge < -0.3 is 0 Å². The maximum atomic E-state index is 13.3. The van der Waals surface area contributed by atoms with E-state index in [9.17, 15) is 9.59 Å². The number of para-hydroxylation sites is 1. The van der Waals surface area contributed by atoms with Gasteiger partial charge in [0.1, 0.15) is 0 Å². The Morgan fingerprint density at radius 2 is 1.93 bits per heavy atom. The lowest BCUT2D eigenvalue weighted by molar-refractivity contribution is 0.326. The number of benzene rings is 1. The van der Waals surface area contributed by atoms with Crippen LogP contribution in [0, 0.1) is 0 Å². The molecule has 0 saturated heterocycles. The van der Waals surface area contributed by atoms with E-state index in [1.165, 1.54) is 29.5 Å². The standard InChI is InChI=1S/C21H20N4O2S2/c26-18-12-14(22-20-24(18)10-11-28-20)13-29-21-23-17-9-5-4-8-16(17)19(27)25(21)15-6-2-1-3-7-15/h4-5,8-12,15H,1-3,6-7,13H2. The summed E-state index contributed by atoms with van der Waals surface area (Å²) in [7, 11) is 0. The first-order valence-electron chi connectivity index (χ1n) is 9.80. The molecule has 0 N–H and O–H groups in total. The maximum Gasteiger partial charge on any atom is 0.262 e. The molecular weight excluding hydrogens is 404 g/mol. The Bertz CT molecular complexity index is 1300. The molecule has 29 heavy (non-hydrogen) atoms. The lowest BCUT2D eigenvalue weighted by Gasteiger charge is -2.26. The molecule has 5 rings (SSSR count). The Kier molecular flexibility index (Phi) is 4.97. The van der Waals surface area contributed by atoms with E-state index < -0.39 is 0 Å². The molecule has 3 aromatic heterocycles. The normalized spacial score (nSPS) is 15.3. The predicted octanol–water partition coefficient (Wildman–Crippen LogP) is 4.26. The monoisotopic (exact) mass is 424 g/mol. The van der Waals surface area contributed by atoms with Gasteiger partial charge in [-0.05, 0) is 25.0 Å². The number of thioether (sulfide) groups is 1. The highest BCUT2D eigenvalue weighted by Gasteiger charge is 2.22. The van der Waals surface area contributed by atoms with Crippen molar-refractivity contribution in [2.24, 2.45) is 0 Å². The van der Waals surface area contributed by atoms with Gasteiger partial charge in [-0.25, -0.2) is 9.97 Å². The van der Waals surface area contributed by atoms with Gasteiger partial charge >= 0.3 is 0 Å². The van der Waals surface area contributed by atoms with E-state index in [0.29, 0.717) is 32.5 Å². The molecule has 0 bridgehead atoms. The molecule has 148 valence electrons. The van der Waals surface area contributed by atoms with E-state index in [1.807, 2.05) is 34.2 Å². The molecule has 6 nitrogen and oxygen atoms in total. The van der Waals surface area contributed by atoms with Gasteiger partial charge in [0.2, 0.25) is 0 Å². The molecule has 3 heterocycles. The minimum absolute atomic E-state index is 0.0340. The quantitative estimate of drug-likeness (QED) is 0.362. The van der Waals surface area contributed by atoms with Crippen LogP contribution in [0.15, 0.2) is 56.7 Å². The summed E-state index contributed by atoms with van der Waals surface area (Å²) in [5.74, 6) is 0.501. The number of thiazole rings is 1. The van der Waals surface area contributed by atoms with Gasteiger partial charge in [-0.1, -0.05) is 43.2 Å². The van der Waals surface area contributed by atoms with Crippen molar-refractivity contribution in [3.63, 3.8) is 0 Å². The molecule has 0 spiro atoms. The van der Waals surface area contributed by atoms with Crippen LogP contribution in [0.25, 0.3) is 15.9 Å². The topological polar surface area (TPSA) is 69.3 Å². The minimum atomic E-state index is -0.0806. The molecule has 8 heteroatoms. The molecular formula is C21H20N4O2S2. The summed E-state index contributed by atoms with van der Waals surface area (Å²) in [5.41, 5.74) is 1.38. The molecule has 0 aliphatic heterocycles. The highest BCUT2D eigenvalue weighted by Crippen LogP contribution is 2.31. The fourth-order valence-electron chi connectivity index (χ4n) is 3.99. The zero-order valence-corrected chi connectivity index (χ0v) is 17.4. The number of rotatable bonds is 4. The summed E-state index contributed by atoms with van der Waals surface area (Å²) in [6.45, 7) is 0. The SMILES string of the molecule is O=c1c2ccccc2nc(SCc2cc(=O)n3ccsc3n2)n1C1CCCCC1. The van der Waals surface area contributed by atoms with E-state index in [0.717, 1.165) is 25.7 Å². The number of hydrogen-bond donors (Lipinski definition) is 0. The number of hydrogen-bond acceptors (Lipinski definition) is 6. The minimum Gasteiger partial charge on any atom is -0.284 e. The Morgan fingerprint density at radius 3 is 2.79 bits per heavy atom. The van der Waals surface area contributed by atoms with Gasteiger partial charge in [0, 0.05) is 29.4 Å². The van der Waals surface area contributed by atoms with E-state index >= 15 is 0 Å².